The number of aromatic nitrogens is 4. The van der Waals surface area contributed by atoms with Crippen molar-refractivity contribution in [3.63, 3.8) is 0 Å². The summed E-state index contributed by atoms with van der Waals surface area (Å²) in [4.78, 5) is 16.7. The summed E-state index contributed by atoms with van der Waals surface area (Å²) in [6.45, 7) is 0. The predicted octanol–water partition coefficient (Wildman–Crippen LogP) is 2.78. The van der Waals surface area contributed by atoms with Crippen LogP contribution in [-0.4, -0.2) is 28.2 Å². The number of hydrogen-bond acceptors (Lipinski definition) is 6. The van der Waals surface area contributed by atoms with Crippen LogP contribution in [0.25, 0.3) is 21.3 Å². The number of thiazole rings is 1. The van der Waals surface area contributed by atoms with Crippen LogP contribution in [0.3, 0.4) is 0 Å². The number of nitrogens with one attached hydrogen (secondary N) is 1. The van der Waals surface area contributed by atoms with Gasteiger partial charge in [-0.2, -0.15) is 5.10 Å². The molecule has 1 N–H and O–H groups in total. The van der Waals surface area contributed by atoms with Gasteiger partial charge in [0.25, 0.3) is 5.56 Å². The van der Waals surface area contributed by atoms with E-state index in [0.29, 0.717) is 21.6 Å². The normalized spacial score (nSPS) is 13.5. The highest BCUT2D eigenvalue weighted by Crippen LogP contribution is 2.40. The fraction of sp³-hybridized carbons (Fsp3) is 0.133. The SMILES string of the molecule is Cn1c2nc(C(I)S(=O)(=O)c3ccccc3)sc2c2cn[nH]c(=O)c21. The third-order valence-electron chi connectivity index (χ3n) is 3.89. The molecule has 1 unspecified atom stereocenters. The summed E-state index contributed by atoms with van der Waals surface area (Å²) in [5, 5.41) is 7.39. The van der Waals surface area contributed by atoms with E-state index in [1.165, 1.54) is 11.3 Å². The lowest BCUT2D eigenvalue weighted by Gasteiger charge is -2.08. The van der Waals surface area contributed by atoms with Gasteiger partial charge in [0.05, 0.1) is 15.8 Å². The van der Waals surface area contributed by atoms with Crippen LogP contribution in [0.15, 0.2) is 46.2 Å². The smallest absolute Gasteiger partial charge is 0.288 e. The molecule has 0 aliphatic rings. The molecule has 0 aliphatic carbocycles. The van der Waals surface area contributed by atoms with Crippen molar-refractivity contribution in [3.8, 4) is 0 Å². The summed E-state index contributed by atoms with van der Waals surface area (Å²) in [5.74, 6) is 0. The number of rotatable bonds is 3. The maximum Gasteiger partial charge on any atom is 0.288 e. The molecule has 3 heterocycles. The number of aryl methyl sites for hydroxylation is 1. The Bertz CT molecular complexity index is 1260. The third-order valence-corrected chi connectivity index (χ3v) is 9.90. The fourth-order valence-corrected chi connectivity index (χ4v) is 6.67. The highest BCUT2D eigenvalue weighted by molar-refractivity contribution is 14.1. The van der Waals surface area contributed by atoms with E-state index in [1.54, 1.807) is 48.1 Å². The van der Waals surface area contributed by atoms with Crippen molar-refractivity contribution in [2.45, 2.75) is 8.15 Å². The average Bonchev–Trinajstić information content (AvgIpc) is 3.15. The number of aromatic amines is 1. The lowest BCUT2D eigenvalue weighted by atomic mass is 10.4. The monoisotopic (exact) mass is 486 g/mol. The second-order valence-corrected chi connectivity index (χ2v) is 10.6. The maximum absolute atomic E-state index is 12.8. The number of hydrogen-bond donors (Lipinski definition) is 1. The van der Waals surface area contributed by atoms with Gasteiger partial charge in [0.15, 0.2) is 18.7 Å². The Morgan fingerprint density at radius 2 is 2.00 bits per heavy atom. The number of sulfone groups is 1. The predicted molar refractivity (Wildman–Crippen MR) is 105 cm³/mol. The third kappa shape index (κ3) is 2.50. The van der Waals surface area contributed by atoms with Gasteiger partial charge in [0.2, 0.25) is 0 Å². The Morgan fingerprint density at radius 1 is 1.28 bits per heavy atom. The second-order valence-electron chi connectivity index (χ2n) is 5.40. The van der Waals surface area contributed by atoms with Crippen molar-refractivity contribution in [1.29, 1.82) is 0 Å². The van der Waals surface area contributed by atoms with Crippen molar-refractivity contribution in [3.05, 3.63) is 51.9 Å². The molecule has 0 fully saturated rings. The van der Waals surface area contributed by atoms with Crippen LogP contribution >= 0.6 is 33.9 Å². The Kier molecular flexibility index (Phi) is 3.92. The topological polar surface area (TPSA) is 97.7 Å². The molecule has 1 aromatic carbocycles. The Hall–Kier alpha value is -1.79. The van der Waals surface area contributed by atoms with E-state index in [4.69, 9.17) is 0 Å². The van der Waals surface area contributed by atoms with Crippen LogP contribution < -0.4 is 5.56 Å². The quantitative estimate of drug-likeness (QED) is 0.355. The molecule has 0 radical (unpaired) electrons. The summed E-state index contributed by atoms with van der Waals surface area (Å²) in [5.41, 5.74) is 0.763. The van der Waals surface area contributed by atoms with Crippen molar-refractivity contribution in [1.82, 2.24) is 19.7 Å². The molecule has 128 valence electrons. The van der Waals surface area contributed by atoms with Crippen molar-refractivity contribution in [2.24, 2.45) is 7.05 Å². The summed E-state index contributed by atoms with van der Waals surface area (Å²) in [6, 6.07) is 8.32. The van der Waals surface area contributed by atoms with Crippen LogP contribution in [0.1, 0.15) is 8.26 Å². The van der Waals surface area contributed by atoms with Gasteiger partial charge in [-0.25, -0.2) is 18.5 Å². The molecular weight excluding hydrogens is 475 g/mol. The van der Waals surface area contributed by atoms with Crippen molar-refractivity contribution < 1.29 is 8.42 Å². The average molecular weight is 486 g/mol. The van der Waals surface area contributed by atoms with E-state index in [1.807, 2.05) is 22.6 Å². The highest BCUT2D eigenvalue weighted by Gasteiger charge is 2.30. The number of benzene rings is 1. The zero-order valence-electron chi connectivity index (χ0n) is 12.8. The molecule has 0 aliphatic heterocycles. The van der Waals surface area contributed by atoms with Crippen LogP contribution in [0.4, 0.5) is 0 Å². The van der Waals surface area contributed by atoms with Gasteiger partial charge in [-0.05, 0) is 12.1 Å². The lowest BCUT2D eigenvalue weighted by molar-refractivity contribution is 0.595. The van der Waals surface area contributed by atoms with E-state index < -0.39 is 13.1 Å². The standard InChI is InChI=1S/C15H11IN4O3S2/c1-20-10-9(7-17-19-14(10)21)11-13(20)18-15(24-11)12(16)25(22,23)8-5-3-2-4-6-8/h2-7,12H,1H3,(H,19,21). The van der Waals surface area contributed by atoms with Gasteiger partial charge in [-0.1, -0.05) is 40.8 Å². The van der Waals surface area contributed by atoms with Crippen LogP contribution in [0, 0.1) is 0 Å². The molecule has 0 amide bonds. The fourth-order valence-electron chi connectivity index (χ4n) is 2.69. The van der Waals surface area contributed by atoms with Crippen LogP contribution in [0.2, 0.25) is 0 Å². The molecule has 10 heteroatoms. The molecule has 0 saturated carbocycles. The van der Waals surface area contributed by atoms with E-state index in [2.05, 4.69) is 15.2 Å². The molecule has 25 heavy (non-hydrogen) atoms. The second kappa shape index (κ2) is 5.88. The zero-order valence-corrected chi connectivity index (χ0v) is 16.6. The largest absolute Gasteiger partial charge is 0.323 e. The van der Waals surface area contributed by atoms with Gasteiger partial charge < -0.3 is 4.57 Å². The Balaban J connectivity index is 1.90. The van der Waals surface area contributed by atoms with E-state index in [0.717, 1.165) is 4.70 Å². The molecule has 0 spiro atoms. The number of nitrogens with zero attached hydrogens (tertiary/aromatic N) is 3. The first-order valence-corrected chi connectivity index (χ1v) is 10.8. The molecule has 4 aromatic rings. The van der Waals surface area contributed by atoms with Gasteiger partial charge >= 0.3 is 0 Å². The van der Waals surface area contributed by atoms with E-state index in [-0.39, 0.29) is 10.5 Å². The van der Waals surface area contributed by atoms with Gasteiger partial charge in [0, 0.05) is 12.4 Å². The summed E-state index contributed by atoms with van der Waals surface area (Å²) in [6.07, 6.45) is 1.56. The maximum atomic E-state index is 12.8. The molecule has 0 bridgehead atoms. The van der Waals surface area contributed by atoms with E-state index >= 15 is 0 Å². The number of H-pyrrole nitrogens is 1. The minimum Gasteiger partial charge on any atom is -0.323 e. The summed E-state index contributed by atoms with van der Waals surface area (Å²) < 4.78 is 27.3. The first-order valence-electron chi connectivity index (χ1n) is 7.17. The highest BCUT2D eigenvalue weighted by atomic mass is 127. The minimum absolute atomic E-state index is 0.261. The van der Waals surface area contributed by atoms with Crippen LogP contribution in [-0.2, 0) is 16.9 Å². The van der Waals surface area contributed by atoms with Crippen LogP contribution in [0.5, 0.6) is 0 Å². The molecule has 7 nitrogen and oxygen atoms in total. The molecular formula is C15H11IN4O3S2. The first kappa shape index (κ1) is 16.7. The number of halogens is 1. The van der Waals surface area contributed by atoms with Gasteiger partial charge in [-0.3, -0.25) is 4.79 Å². The first-order chi connectivity index (χ1) is 11.9. The van der Waals surface area contributed by atoms with Gasteiger partial charge in [0.1, 0.15) is 10.5 Å². The summed E-state index contributed by atoms with van der Waals surface area (Å²) in [7, 11) is -1.82. The summed E-state index contributed by atoms with van der Waals surface area (Å²) >= 11 is 3.17. The molecule has 1 atom stereocenters. The zero-order chi connectivity index (χ0) is 17.8. The minimum atomic E-state index is -3.55. The lowest BCUT2D eigenvalue weighted by Crippen LogP contribution is -2.11. The molecule has 4 rings (SSSR count). The Labute approximate surface area is 159 Å². The molecule has 3 aromatic heterocycles. The molecule has 0 saturated heterocycles. The number of alkyl halides is 1. The van der Waals surface area contributed by atoms with Crippen molar-refractivity contribution in [2.75, 3.05) is 0 Å². The van der Waals surface area contributed by atoms with E-state index in [9.17, 15) is 13.2 Å². The van der Waals surface area contributed by atoms with Crippen molar-refractivity contribution >= 4 is 65.0 Å². The van der Waals surface area contributed by atoms with Gasteiger partial charge in [-0.15, -0.1) is 11.3 Å². The Morgan fingerprint density at radius 3 is 2.72 bits per heavy atom. The number of fused-ring (bicyclic) bond motifs is 3.